The zero-order chi connectivity index (χ0) is 18.8. The number of carbonyl (C=O) groups is 2. The summed E-state index contributed by atoms with van der Waals surface area (Å²) in [5.41, 5.74) is -0.493. The van der Waals surface area contributed by atoms with Crippen LogP contribution in [0.2, 0.25) is 0 Å². The highest BCUT2D eigenvalue weighted by molar-refractivity contribution is 5.95. The quantitative estimate of drug-likeness (QED) is 0.783. The minimum absolute atomic E-state index is 0.0726. The molecule has 1 fully saturated rings. The third kappa shape index (κ3) is 4.47. The van der Waals surface area contributed by atoms with Crippen molar-refractivity contribution in [1.82, 2.24) is 9.80 Å². The van der Waals surface area contributed by atoms with Gasteiger partial charge in [-0.1, -0.05) is 0 Å². The first kappa shape index (κ1) is 18.7. The Kier molecular flexibility index (Phi) is 5.31. The SMILES string of the molecule is C[C@@H]1CN(C(=O)OC(C)(C)C)CCN1C(=O)c1ccc(C#N)cc1F. The predicted octanol–water partition coefficient (Wildman–Crippen LogP) is 2.78. The molecule has 1 saturated heterocycles. The van der Waals surface area contributed by atoms with Crippen molar-refractivity contribution in [3.05, 3.63) is 35.1 Å². The Balaban J connectivity index is 2.07. The van der Waals surface area contributed by atoms with E-state index in [0.29, 0.717) is 19.6 Å². The molecule has 1 atom stereocenters. The summed E-state index contributed by atoms with van der Waals surface area (Å²) in [6.07, 6.45) is -0.420. The Labute approximate surface area is 146 Å². The van der Waals surface area contributed by atoms with Crippen molar-refractivity contribution < 1.29 is 18.7 Å². The Morgan fingerprint density at radius 1 is 1.32 bits per heavy atom. The number of nitriles is 1. The van der Waals surface area contributed by atoms with Crippen molar-refractivity contribution in [2.75, 3.05) is 19.6 Å². The van der Waals surface area contributed by atoms with E-state index >= 15 is 0 Å². The minimum Gasteiger partial charge on any atom is -0.444 e. The van der Waals surface area contributed by atoms with Crippen LogP contribution in [-0.2, 0) is 4.74 Å². The van der Waals surface area contributed by atoms with Gasteiger partial charge in [-0.25, -0.2) is 9.18 Å². The van der Waals surface area contributed by atoms with E-state index in [-0.39, 0.29) is 17.2 Å². The average Bonchev–Trinajstić information content (AvgIpc) is 2.52. The van der Waals surface area contributed by atoms with Crippen molar-refractivity contribution in [3.63, 3.8) is 0 Å². The predicted molar refractivity (Wildman–Crippen MR) is 89.4 cm³/mol. The maximum absolute atomic E-state index is 14.1. The number of benzene rings is 1. The van der Waals surface area contributed by atoms with Crippen LogP contribution in [0.5, 0.6) is 0 Å². The Morgan fingerprint density at radius 3 is 2.52 bits per heavy atom. The summed E-state index contributed by atoms with van der Waals surface area (Å²) in [6, 6.07) is 5.35. The smallest absolute Gasteiger partial charge is 0.410 e. The molecular weight excluding hydrogens is 325 g/mol. The lowest BCUT2D eigenvalue weighted by Gasteiger charge is -2.40. The molecule has 6 nitrogen and oxygen atoms in total. The highest BCUT2D eigenvalue weighted by atomic mass is 19.1. The molecule has 1 aromatic rings. The molecule has 25 heavy (non-hydrogen) atoms. The number of nitrogens with zero attached hydrogens (tertiary/aromatic N) is 3. The zero-order valence-corrected chi connectivity index (χ0v) is 14.9. The highest BCUT2D eigenvalue weighted by Gasteiger charge is 2.33. The van der Waals surface area contributed by atoms with Gasteiger partial charge in [-0.2, -0.15) is 5.26 Å². The van der Waals surface area contributed by atoms with Crippen LogP contribution in [-0.4, -0.2) is 53.1 Å². The third-order valence-corrected chi connectivity index (χ3v) is 3.87. The molecular formula is C18H22FN3O3. The van der Waals surface area contributed by atoms with Crippen LogP contribution in [0.1, 0.15) is 43.6 Å². The van der Waals surface area contributed by atoms with E-state index < -0.39 is 23.4 Å². The van der Waals surface area contributed by atoms with Gasteiger partial charge in [0.05, 0.1) is 17.2 Å². The fourth-order valence-corrected chi connectivity index (χ4v) is 2.66. The van der Waals surface area contributed by atoms with Crippen LogP contribution in [0.15, 0.2) is 18.2 Å². The first-order chi connectivity index (χ1) is 11.6. The van der Waals surface area contributed by atoms with Crippen molar-refractivity contribution in [3.8, 4) is 6.07 Å². The van der Waals surface area contributed by atoms with Gasteiger partial charge in [0.1, 0.15) is 11.4 Å². The molecule has 0 radical (unpaired) electrons. The van der Waals surface area contributed by atoms with Gasteiger partial charge in [0.2, 0.25) is 0 Å². The lowest BCUT2D eigenvalue weighted by atomic mass is 10.1. The van der Waals surface area contributed by atoms with Crippen molar-refractivity contribution >= 4 is 12.0 Å². The molecule has 0 aliphatic carbocycles. The van der Waals surface area contributed by atoms with E-state index in [1.165, 1.54) is 17.0 Å². The highest BCUT2D eigenvalue weighted by Crippen LogP contribution is 2.19. The van der Waals surface area contributed by atoms with Crippen LogP contribution in [0.3, 0.4) is 0 Å². The summed E-state index contributed by atoms with van der Waals surface area (Å²) < 4.78 is 19.4. The number of hydrogen-bond acceptors (Lipinski definition) is 4. The van der Waals surface area contributed by atoms with Gasteiger partial charge >= 0.3 is 6.09 Å². The lowest BCUT2D eigenvalue weighted by Crippen LogP contribution is -2.56. The average molecular weight is 347 g/mol. The Bertz CT molecular complexity index is 721. The molecule has 0 N–H and O–H groups in total. The summed E-state index contributed by atoms with van der Waals surface area (Å²) in [6.45, 7) is 8.11. The number of hydrogen-bond donors (Lipinski definition) is 0. The van der Waals surface area contributed by atoms with E-state index in [2.05, 4.69) is 0 Å². The van der Waals surface area contributed by atoms with Gasteiger partial charge < -0.3 is 14.5 Å². The van der Waals surface area contributed by atoms with Gasteiger partial charge in [-0.05, 0) is 45.9 Å². The van der Waals surface area contributed by atoms with Crippen LogP contribution < -0.4 is 0 Å². The molecule has 134 valence electrons. The maximum atomic E-state index is 14.1. The molecule has 1 aliphatic rings. The van der Waals surface area contributed by atoms with E-state index in [4.69, 9.17) is 10.00 Å². The number of halogens is 1. The molecule has 0 spiro atoms. The first-order valence-corrected chi connectivity index (χ1v) is 8.11. The van der Waals surface area contributed by atoms with Gasteiger partial charge in [0.15, 0.2) is 0 Å². The molecule has 2 amide bonds. The van der Waals surface area contributed by atoms with Gasteiger partial charge in [0, 0.05) is 25.7 Å². The fraction of sp³-hybridized carbons (Fsp3) is 0.500. The normalized spacial score (nSPS) is 17.8. The second kappa shape index (κ2) is 7.09. The molecule has 2 rings (SSSR count). The van der Waals surface area contributed by atoms with Crippen LogP contribution in [0, 0.1) is 17.1 Å². The van der Waals surface area contributed by atoms with Gasteiger partial charge in [-0.15, -0.1) is 0 Å². The fourth-order valence-electron chi connectivity index (χ4n) is 2.66. The molecule has 0 unspecified atom stereocenters. The maximum Gasteiger partial charge on any atom is 0.410 e. The van der Waals surface area contributed by atoms with E-state index in [0.717, 1.165) is 6.07 Å². The van der Waals surface area contributed by atoms with Crippen LogP contribution in [0.4, 0.5) is 9.18 Å². The standard InChI is InChI=1S/C18H22FN3O3/c1-12-11-21(17(24)25-18(2,3)4)7-8-22(12)16(23)14-6-5-13(10-20)9-15(14)19/h5-6,9,12H,7-8,11H2,1-4H3/t12-/m1/s1. The monoisotopic (exact) mass is 347 g/mol. The zero-order valence-electron chi connectivity index (χ0n) is 14.9. The largest absolute Gasteiger partial charge is 0.444 e. The topological polar surface area (TPSA) is 73.6 Å². The molecule has 0 bridgehead atoms. The first-order valence-electron chi connectivity index (χ1n) is 8.11. The summed E-state index contributed by atoms with van der Waals surface area (Å²) in [7, 11) is 0. The van der Waals surface area contributed by atoms with E-state index in [1.807, 2.05) is 6.07 Å². The van der Waals surface area contributed by atoms with E-state index in [1.54, 1.807) is 32.6 Å². The summed E-state index contributed by atoms with van der Waals surface area (Å²) >= 11 is 0. The number of ether oxygens (including phenoxy) is 1. The van der Waals surface area contributed by atoms with Crippen molar-refractivity contribution in [2.45, 2.75) is 39.3 Å². The van der Waals surface area contributed by atoms with E-state index in [9.17, 15) is 14.0 Å². The Morgan fingerprint density at radius 2 is 2.00 bits per heavy atom. The van der Waals surface area contributed by atoms with Gasteiger partial charge in [-0.3, -0.25) is 4.79 Å². The molecule has 7 heteroatoms. The molecule has 1 heterocycles. The van der Waals surface area contributed by atoms with Crippen molar-refractivity contribution in [1.29, 1.82) is 5.26 Å². The molecule has 0 aromatic heterocycles. The summed E-state index contributed by atoms with van der Waals surface area (Å²) in [5, 5.41) is 8.78. The Hall–Kier alpha value is -2.62. The van der Waals surface area contributed by atoms with Gasteiger partial charge in [0.25, 0.3) is 5.91 Å². The number of piperazine rings is 1. The number of carbonyl (C=O) groups excluding carboxylic acids is 2. The number of rotatable bonds is 1. The van der Waals surface area contributed by atoms with Crippen LogP contribution in [0.25, 0.3) is 0 Å². The molecule has 0 saturated carbocycles. The van der Waals surface area contributed by atoms with Crippen LogP contribution >= 0.6 is 0 Å². The second-order valence-electron chi connectivity index (χ2n) is 7.08. The summed E-state index contributed by atoms with van der Waals surface area (Å²) in [4.78, 5) is 27.8. The van der Waals surface area contributed by atoms with Crippen molar-refractivity contribution in [2.24, 2.45) is 0 Å². The lowest BCUT2D eigenvalue weighted by molar-refractivity contribution is 0.00607. The minimum atomic E-state index is -0.717. The molecule has 1 aromatic carbocycles. The molecule has 1 aliphatic heterocycles. The third-order valence-electron chi connectivity index (χ3n) is 3.87. The second-order valence-corrected chi connectivity index (χ2v) is 7.08. The summed E-state index contributed by atoms with van der Waals surface area (Å²) in [5.74, 6) is -1.16. The number of amides is 2.